The summed E-state index contributed by atoms with van der Waals surface area (Å²) in [5.74, 6) is 0.328. The molecule has 0 saturated carbocycles. The predicted octanol–water partition coefficient (Wildman–Crippen LogP) is 3.44. The first kappa shape index (κ1) is 15.6. The Labute approximate surface area is 121 Å². The number of hydrogen-bond donors (Lipinski definition) is 0. The Bertz CT molecular complexity index is 531. The highest BCUT2D eigenvalue weighted by Crippen LogP contribution is 2.34. The van der Waals surface area contributed by atoms with Gasteiger partial charge in [0.25, 0.3) is 0 Å². The third kappa shape index (κ3) is 3.88. The van der Waals surface area contributed by atoms with Gasteiger partial charge in [-0.2, -0.15) is 18.4 Å². The largest absolute Gasteiger partial charge is 0.417 e. The molecule has 1 aliphatic rings. The monoisotopic (exact) mass is 298 g/mol. The van der Waals surface area contributed by atoms with E-state index in [1.165, 1.54) is 6.07 Å². The van der Waals surface area contributed by atoms with Gasteiger partial charge in [-0.3, -0.25) is 0 Å². The van der Waals surface area contributed by atoms with Crippen LogP contribution in [0.1, 0.15) is 24.0 Å². The smallest absolute Gasteiger partial charge is 0.381 e. The van der Waals surface area contributed by atoms with Gasteiger partial charge in [-0.05, 0) is 37.0 Å². The van der Waals surface area contributed by atoms with E-state index in [-0.39, 0.29) is 5.56 Å². The Morgan fingerprint density at radius 2 is 2.19 bits per heavy atom. The van der Waals surface area contributed by atoms with Crippen LogP contribution in [-0.2, 0) is 10.9 Å². The molecular weight excluding hydrogens is 281 g/mol. The van der Waals surface area contributed by atoms with Crippen molar-refractivity contribution in [2.24, 2.45) is 5.92 Å². The van der Waals surface area contributed by atoms with Gasteiger partial charge in [-0.15, -0.1) is 0 Å². The Kier molecular flexibility index (Phi) is 4.73. The van der Waals surface area contributed by atoms with Crippen molar-refractivity contribution in [3.8, 4) is 6.07 Å². The third-order valence-electron chi connectivity index (χ3n) is 3.66. The second-order valence-corrected chi connectivity index (χ2v) is 5.30. The Hall–Kier alpha value is -1.74. The number of anilines is 1. The molecule has 6 heteroatoms. The molecule has 0 radical (unpaired) electrons. The van der Waals surface area contributed by atoms with Crippen LogP contribution in [-0.4, -0.2) is 26.8 Å². The minimum absolute atomic E-state index is 0.328. The molecular formula is C15H17F3N2O. The van der Waals surface area contributed by atoms with E-state index in [1.54, 1.807) is 24.1 Å². The second-order valence-electron chi connectivity index (χ2n) is 5.30. The summed E-state index contributed by atoms with van der Waals surface area (Å²) >= 11 is 0. The molecule has 1 saturated heterocycles. The lowest BCUT2D eigenvalue weighted by Gasteiger charge is -2.28. The molecule has 21 heavy (non-hydrogen) atoms. The van der Waals surface area contributed by atoms with E-state index in [1.807, 2.05) is 0 Å². The summed E-state index contributed by atoms with van der Waals surface area (Å²) in [7, 11) is 1.76. The minimum atomic E-state index is -4.52. The van der Waals surface area contributed by atoms with E-state index >= 15 is 0 Å². The van der Waals surface area contributed by atoms with Crippen LogP contribution in [0.5, 0.6) is 0 Å². The predicted molar refractivity (Wildman–Crippen MR) is 73.0 cm³/mol. The van der Waals surface area contributed by atoms with Crippen LogP contribution < -0.4 is 4.90 Å². The van der Waals surface area contributed by atoms with Gasteiger partial charge in [0.1, 0.15) is 0 Å². The van der Waals surface area contributed by atoms with Crippen LogP contribution in [0.2, 0.25) is 0 Å². The van der Waals surface area contributed by atoms with Gasteiger partial charge in [0.2, 0.25) is 0 Å². The molecule has 1 aromatic carbocycles. The normalized spacial score (nSPS) is 19.1. The average molecular weight is 298 g/mol. The highest BCUT2D eigenvalue weighted by Gasteiger charge is 2.34. The van der Waals surface area contributed by atoms with Crippen molar-refractivity contribution in [1.82, 2.24) is 0 Å². The zero-order valence-electron chi connectivity index (χ0n) is 11.8. The van der Waals surface area contributed by atoms with Crippen molar-refractivity contribution in [1.29, 1.82) is 5.26 Å². The maximum absolute atomic E-state index is 12.9. The molecule has 1 unspecified atom stereocenters. The summed E-state index contributed by atoms with van der Waals surface area (Å²) < 4.78 is 44.2. The number of nitrogens with zero attached hydrogens (tertiary/aromatic N) is 2. The number of ether oxygens (including phenoxy) is 1. The van der Waals surface area contributed by atoms with Crippen LogP contribution in [0.15, 0.2) is 18.2 Å². The fraction of sp³-hybridized carbons (Fsp3) is 0.533. The fourth-order valence-corrected chi connectivity index (χ4v) is 2.55. The van der Waals surface area contributed by atoms with Gasteiger partial charge in [0, 0.05) is 25.9 Å². The average Bonchev–Trinajstić information content (AvgIpc) is 2.46. The van der Waals surface area contributed by atoms with Crippen LogP contribution in [0.4, 0.5) is 18.9 Å². The summed E-state index contributed by atoms with van der Waals surface area (Å²) in [5.41, 5.74) is -0.762. The molecule has 114 valence electrons. The number of alkyl halides is 3. The lowest BCUT2D eigenvalue weighted by molar-refractivity contribution is -0.137. The summed E-state index contributed by atoms with van der Waals surface area (Å²) in [6.45, 7) is 2.05. The van der Waals surface area contributed by atoms with Crippen LogP contribution in [0.25, 0.3) is 0 Å². The molecule has 0 aromatic heterocycles. The minimum Gasteiger partial charge on any atom is -0.381 e. The molecule has 0 amide bonds. The molecule has 1 heterocycles. The first-order valence-corrected chi connectivity index (χ1v) is 6.82. The first-order valence-electron chi connectivity index (χ1n) is 6.82. The van der Waals surface area contributed by atoms with Gasteiger partial charge >= 0.3 is 6.18 Å². The quantitative estimate of drug-likeness (QED) is 0.857. The molecule has 2 rings (SSSR count). The van der Waals surface area contributed by atoms with Gasteiger partial charge in [-0.1, -0.05) is 0 Å². The fourth-order valence-electron chi connectivity index (χ4n) is 2.55. The zero-order valence-corrected chi connectivity index (χ0v) is 11.8. The lowest BCUT2D eigenvalue weighted by Crippen LogP contribution is -2.31. The van der Waals surface area contributed by atoms with E-state index in [2.05, 4.69) is 0 Å². The van der Waals surface area contributed by atoms with Crippen molar-refractivity contribution < 1.29 is 17.9 Å². The lowest BCUT2D eigenvalue weighted by atomic mass is 10.0. The highest BCUT2D eigenvalue weighted by atomic mass is 19.4. The van der Waals surface area contributed by atoms with Crippen molar-refractivity contribution in [2.45, 2.75) is 19.0 Å². The summed E-state index contributed by atoms with van der Waals surface area (Å²) in [4.78, 5) is 1.79. The summed E-state index contributed by atoms with van der Waals surface area (Å²) in [6, 6.07) is 5.42. The van der Waals surface area contributed by atoms with Crippen LogP contribution in [0, 0.1) is 17.2 Å². The molecule has 0 spiro atoms. The molecule has 0 aliphatic carbocycles. The molecule has 1 fully saturated rings. The van der Waals surface area contributed by atoms with Crippen molar-refractivity contribution in [3.05, 3.63) is 29.3 Å². The van der Waals surface area contributed by atoms with E-state index in [0.29, 0.717) is 24.8 Å². The zero-order chi connectivity index (χ0) is 15.5. The standard InChI is InChI=1S/C15H17F3N2O/c1-20(9-11-3-2-6-21-10-11)13-5-4-12(8-19)14(7-13)15(16,17)18/h4-5,7,11H,2-3,6,9-10H2,1H3. The Morgan fingerprint density at radius 3 is 2.76 bits per heavy atom. The van der Waals surface area contributed by atoms with Gasteiger partial charge in [0.15, 0.2) is 0 Å². The maximum atomic E-state index is 12.9. The van der Waals surface area contributed by atoms with Crippen molar-refractivity contribution in [2.75, 3.05) is 31.7 Å². The van der Waals surface area contributed by atoms with Gasteiger partial charge < -0.3 is 9.64 Å². The third-order valence-corrected chi connectivity index (χ3v) is 3.66. The number of halogens is 3. The first-order chi connectivity index (χ1) is 9.91. The van der Waals surface area contributed by atoms with E-state index in [9.17, 15) is 13.2 Å². The van der Waals surface area contributed by atoms with E-state index in [4.69, 9.17) is 10.00 Å². The molecule has 1 atom stereocenters. The van der Waals surface area contributed by atoms with E-state index < -0.39 is 11.7 Å². The summed E-state index contributed by atoms with van der Waals surface area (Å²) in [5, 5.41) is 8.79. The second kappa shape index (κ2) is 6.35. The number of hydrogen-bond acceptors (Lipinski definition) is 3. The van der Waals surface area contributed by atoms with Crippen molar-refractivity contribution >= 4 is 5.69 Å². The summed E-state index contributed by atoms with van der Waals surface area (Å²) in [6.07, 6.45) is -2.51. The topological polar surface area (TPSA) is 36.3 Å². The number of nitriles is 1. The Balaban J connectivity index is 2.17. The Morgan fingerprint density at radius 1 is 1.43 bits per heavy atom. The molecule has 0 N–H and O–H groups in total. The molecule has 0 bridgehead atoms. The van der Waals surface area contributed by atoms with Gasteiger partial charge in [-0.25, -0.2) is 0 Å². The molecule has 1 aromatic rings. The van der Waals surface area contributed by atoms with Crippen LogP contribution >= 0.6 is 0 Å². The highest BCUT2D eigenvalue weighted by molar-refractivity contribution is 5.54. The number of benzene rings is 1. The number of rotatable bonds is 3. The molecule has 3 nitrogen and oxygen atoms in total. The van der Waals surface area contributed by atoms with E-state index in [0.717, 1.165) is 25.5 Å². The van der Waals surface area contributed by atoms with Crippen LogP contribution in [0.3, 0.4) is 0 Å². The van der Waals surface area contributed by atoms with Crippen molar-refractivity contribution in [3.63, 3.8) is 0 Å². The maximum Gasteiger partial charge on any atom is 0.417 e. The molecule has 1 aliphatic heterocycles. The SMILES string of the molecule is CN(CC1CCCOC1)c1ccc(C#N)c(C(F)(F)F)c1. The van der Waals surface area contributed by atoms with Gasteiger partial charge in [0.05, 0.1) is 23.8 Å².